The highest BCUT2D eigenvalue weighted by Crippen LogP contribution is 2.35. The largest absolute Gasteiger partial charge is 0.444 e. The van der Waals surface area contributed by atoms with Crippen LogP contribution in [0, 0.1) is 0 Å². The zero-order chi connectivity index (χ0) is 22.2. The van der Waals surface area contributed by atoms with Crippen molar-refractivity contribution in [1.82, 2.24) is 15.2 Å². The van der Waals surface area contributed by atoms with Crippen LogP contribution in [0.3, 0.4) is 0 Å². The SMILES string of the molecule is CC(C)(C)OC(=O)NC1(c2nc3ccccc3o2)CCN(C(=O)OC(C)(C)C)CC1. The van der Waals surface area contributed by atoms with E-state index in [1.54, 1.807) is 4.90 Å². The number of para-hydroxylation sites is 2. The van der Waals surface area contributed by atoms with Crippen molar-refractivity contribution >= 4 is 23.3 Å². The van der Waals surface area contributed by atoms with Gasteiger partial charge in [-0.15, -0.1) is 0 Å². The van der Waals surface area contributed by atoms with Gasteiger partial charge < -0.3 is 24.1 Å². The summed E-state index contributed by atoms with van der Waals surface area (Å²) in [5, 5.41) is 2.98. The summed E-state index contributed by atoms with van der Waals surface area (Å²) in [4.78, 5) is 31.3. The molecule has 0 radical (unpaired) electrons. The highest BCUT2D eigenvalue weighted by Gasteiger charge is 2.44. The Hall–Kier alpha value is -2.77. The molecule has 1 fully saturated rings. The molecule has 1 aromatic carbocycles. The van der Waals surface area contributed by atoms with Gasteiger partial charge in [-0.05, 0) is 66.5 Å². The highest BCUT2D eigenvalue weighted by molar-refractivity contribution is 5.73. The van der Waals surface area contributed by atoms with Crippen molar-refractivity contribution in [2.24, 2.45) is 0 Å². The van der Waals surface area contributed by atoms with Gasteiger partial charge in [0.2, 0.25) is 5.89 Å². The lowest BCUT2D eigenvalue weighted by Crippen LogP contribution is -2.55. The van der Waals surface area contributed by atoms with Gasteiger partial charge in [-0.1, -0.05) is 12.1 Å². The molecule has 0 bridgehead atoms. The molecule has 0 saturated carbocycles. The first kappa shape index (κ1) is 21.9. The van der Waals surface area contributed by atoms with Crippen molar-refractivity contribution < 1.29 is 23.5 Å². The van der Waals surface area contributed by atoms with Gasteiger partial charge in [0.1, 0.15) is 22.3 Å². The number of oxazole rings is 1. The lowest BCUT2D eigenvalue weighted by Gasteiger charge is -2.40. The van der Waals surface area contributed by atoms with Crippen LogP contribution in [-0.2, 0) is 15.0 Å². The maximum atomic E-state index is 12.6. The molecule has 0 aliphatic carbocycles. The fourth-order valence-corrected chi connectivity index (χ4v) is 3.37. The second-order valence-corrected chi connectivity index (χ2v) is 9.66. The lowest BCUT2D eigenvalue weighted by atomic mass is 9.87. The van der Waals surface area contributed by atoms with Gasteiger partial charge in [-0.25, -0.2) is 14.6 Å². The predicted molar refractivity (Wildman–Crippen MR) is 112 cm³/mol. The van der Waals surface area contributed by atoms with E-state index in [0.29, 0.717) is 42.9 Å². The maximum Gasteiger partial charge on any atom is 0.410 e. The predicted octanol–water partition coefficient (Wildman–Crippen LogP) is 4.58. The zero-order valence-corrected chi connectivity index (χ0v) is 18.6. The Morgan fingerprint density at radius 3 is 2.20 bits per heavy atom. The number of carbonyl (C=O) groups is 2. The number of nitrogens with one attached hydrogen (secondary N) is 1. The van der Waals surface area contributed by atoms with Gasteiger partial charge in [0.15, 0.2) is 5.58 Å². The molecule has 0 unspecified atom stereocenters. The Morgan fingerprint density at radius 2 is 1.63 bits per heavy atom. The molecule has 0 atom stereocenters. The molecular weight excluding hydrogens is 386 g/mol. The summed E-state index contributed by atoms with van der Waals surface area (Å²) in [6.07, 6.45) is -0.0576. The monoisotopic (exact) mass is 417 g/mol. The summed E-state index contributed by atoms with van der Waals surface area (Å²) < 4.78 is 17.0. The van der Waals surface area contributed by atoms with E-state index in [0.717, 1.165) is 0 Å². The van der Waals surface area contributed by atoms with E-state index in [2.05, 4.69) is 10.3 Å². The molecule has 1 aromatic heterocycles. The minimum absolute atomic E-state index is 0.370. The van der Waals surface area contributed by atoms with E-state index in [4.69, 9.17) is 13.9 Å². The van der Waals surface area contributed by atoms with Crippen molar-refractivity contribution in [2.45, 2.75) is 71.1 Å². The number of amides is 2. The first-order chi connectivity index (χ1) is 13.9. The molecular formula is C22H31N3O5. The number of hydrogen-bond acceptors (Lipinski definition) is 6. The van der Waals surface area contributed by atoms with Crippen molar-refractivity contribution in [1.29, 1.82) is 0 Å². The molecule has 2 heterocycles. The van der Waals surface area contributed by atoms with Gasteiger partial charge in [-0.2, -0.15) is 0 Å². The number of fused-ring (bicyclic) bond motifs is 1. The Kier molecular flexibility index (Phi) is 5.71. The molecule has 2 aromatic rings. The average Bonchev–Trinajstić information content (AvgIpc) is 3.04. The number of hydrogen-bond donors (Lipinski definition) is 1. The fraction of sp³-hybridized carbons (Fsp3) is 0.591. The number of likely N-dealkylation sites (tertiary alicyclic amines) is 1. The average molecular weight is 418 g/mol. The molecule has 30 heavy (non-hydrogen) atoms. The van der Waals surface area contributed by atoms with E-state index < -0.39 is 22.8 Å². The minimum atomic E-state index is -0.875. The number of aromatic nitrogens is 1. The fourth-order valence-electron chi connectivity index (χ4n) is 3.37. The van der Waals surface area contributed by atoms with Crippen LogP contribution in [0.1, 0.15) is 60.3 Å². The second kappa shape index (κ2) is 7.81. The van der Waals surface area contributed by atoms with Crippen molar-refractivity contribution in [3.8, 4) is 0 Å². The smallest absolute Gasteiger partial charge is 0.410 e. The van der Waals surface area contributed by atoms with Crippen LogP contribution in [0.4, 0.5) is 9.59 Å². The van der Waals surface area contributed by atoms with E-state index >= 15 is 0 Å². The zero-order valence-electron chi connectivity index (χ0n) is 18.6. The quantitative estimate of drug-likeness (QED) is 0.769. The summed E-state index contributed by atoms with van der Waals surface area (Å²) in [7, 11) is 0. The van der Waals surface area contributed by atoms with Gasteiger partial charge in [-0.3, -0.25) is 0 Å². The third-order valence-electron chi connectivity index (χ3n) is 4.71. The summed E-state index contributed by atoms with van der Waals surface area (Å²) in [5.41, 5.74) is -0.718. The van der Waals surface area contributed by atoms with Gasteiger partial charge in [0.05, 0.1) is 0 Å². The first-order valence-corrected chi connectivity index (χ1v) is 10.2. The summed E-state index contributed by atoms with van der Waals surface area (Å²) in [6, 6.07) is 7.45. The van der Waals surface area contributed by atoms with Gasteiger partial charge in [0, 0.05) is 13.1 Å². The van der Waals surface area contributed by atoms with Gasteiger partial charge in [0.25, 0.3) is 0 Å². The summed E-state index contributed by atoms with van der Waals surface area (Å²) in [6.45, 7) is 11.7. The Morgan fingerprint density at radius 1 is 1.03 bits per heavy atom. The second-order valence-electron chi connectivity index (χ2n) is 9.66. The number of rotatable bonds is 2. The van der Waals surface area contributed by atoms with Crippen LogP contribution in [-0.4, -0.2) is 46.4 Å². The standard InChI is InChI=1S/C22H31N3O5/c1-20(2,3)29-18(26)24-22(17-23-15-9-7-8-10-16(15)28-17)11-13-25(14-12-22)19(27)30-21(4,5)6/h7-10H,11-14H2,1-6H3,(H,24,26). The maximum absolute atomic E-state index is 12.6. The number of ether oxygens (including phenoxy) is 2. The van der Waals surface area contributed by atoms with Crippen LogP contribution in [0.25, 0.3) is 11.1 Å². The number of alkyl carbamates (subject to hydrolysis) is 1. The molecule has 2 amide bonds. The molecule has 164 valence electrons. The van der Waals surface area contributed by atoms with E-state index in [1.807, 2.05) is 65.8 Å². The van der Waals surface area contributed by atoms with Crippen LogP contribution in [0.5, 0.6) is 0 Å². The van der Waals surface area contributed by atoms with Crippen LogP contribution in [0.2, 0.25) is 0 Å². The van der Waals surface area contributed by atoms with Crippen LogP contribution < -0.4 is 5.32 Å². The number of piperidine rings is 1. The molecule has 1 saturated heterocycles. The lowest BCUT2D eigenvalue weighted by molar-refractivity contribution is 0.00885. The summed E-state index contributed by atoms with van der Waals surface area (Å²) in [5.74, 6) is 0.415. The topological polar surface area (TPSA) is 93.9 Å². The molecule has 8 heteroatoms. The Bertz CT molecular complexity index is 882. The Balaban J connectivity index is 1.84. The van der Waals surface area contributed by atoms with Crippen LogP contribution in [0.15, 0.2) is 28.7 Å². The summed E-state index contributed by atoms with van der Waals surface area (Å²) >= 11 is 0. The molecule has 3 rings (SSSR count). The minimum Gasteiger partial charge on any atom is -0.444 e. The highest BCUT2D eigenvalue weighted by atomic mass is 16.6. The Labute approximate surface area is 176 Å². The molecule has 1 aliphatic heterocycles. The third kappa shape index (κ3) is 5.23. The first-order valence-electron chi connectivity index (χ1n) is 10.2. The normalized spacial score (nSPS) is 16.9. The van der Waals surface area contributed by atoms with E-state index in [9.17, 15) is 9.59 Å². The molecule has 1 N–H and O–H groups in total. The van der Waals surface area contributed by atoms with Crippen LogP contribution >= 0.6 is 0 Å². The molecule has 8 nitrogen and oxygen atoms in total. The van der Waals surface area contributed by atoms with Crippen molar-refractivity contribution in [3.63, 3.8) is 0 Å². The van der Waals surface area contributed by atoms with Crippen molar-refractivity contribution in [2.75, 3.05) is 13.1 Å². The van der Waals surface area contributed by atoms with Gasteiger partial charge >= 0.3 is 12.2 Å². The van der Waals surface area contributed by atoms with E-state index in [1.165, 1.54) is 0 Å². The molecule has 1 aliphatic rings. The van der Waals surface area contributed by atoms with Crippen molar-refractivity contribution in [3.05, 3.63) is 30.2 Å². The number of nitrogens with zero attached hydrogens (tertiary/aromatic N) is 2. The number of benzene rings is 1. The number of carbonyl (C=O) groups excluding carboxylic acids is 2. The third-order valence-corrected chi connectivity index (χ3v) is 4.71. The molecule has 0 spiro atoms. The van der Waals surface area contributed by atoms with E-state index in [-0.39, 0.29) is 6.09 Å².